The van der Waals surface area contributed by atoms with Gasteiger partial charge in [0.25, 0.3) is 0 Å². The van der Waals surface area contributed by atoms with Gasteiger partial charge in [0.05, 0.1) is 6.10 Å². The van der Waals surface area contributed by atoms with Crippen molar-refractivity contribution in [3.63, 3.8) is 0 Å². The molecule has 126 valence electrons. The van der Waals surface area contributed by atoms with Crippen molar-refractivity contribution < 1.29 is 14.7 Å². The van der Waals surface area contributed by atoms with Crippen molar-refractivity contribution in [1.82, 2.24) is 0 Å². The number of rotatable bonds is 14. The van der Waals surface area contributed by atoms with Crippen LogP contribution in [0, 0.1) is 0 Å². The monoisotopic (exact) mass is 300 g/mol. The average Bonchev–Trinajstić information content (AvgIpc) is 2.44. The summed E-state index contributed by atoms with van der Waals surface area (Å²) in [5, 5.41) is 9.13. The van der Waals surface area contributed by atoms with Crippen LogP contribution in [0.4, 0.5) is 0 Å². The fraction of sp³-hybridized carbons (Fsp3) is 0.944. The molecule has 0 saturated heterocycles. The van der Waals surface area contributed by atoms with Gasteiger partial charge in [0.1, 0.15) is 0 Å². The van der Waals surface area contributed by atoms with Gasteiger partial charge in [-0.25, -0.2) is 0 Å². The molecule has 1 atom stereocenters. The molecule has 0 aliphatic heterocycles. The summed E-state index contributed by atoms with van der Waals surface area (Å²) in [6.07, 6.45) is 19.3. The van der Waals surface area contributed by atoms with E-state index < -0.39 is 0 Å². The van der Waals surface area contributed by atoms with Gasteiger partial charge in [-0.1, -0.05) is 90.4 Å². The Morgan fingerprint density at radius 2 is 1.00 bits per heavy atom. The largest absolute Gasteiger partial charge is 0.393 e. The predicted octanol–water partition coefficient (Wildman–Crippen LogP) is 5.27. The number of hydrogen-bond donors (Lipinski definition) is 1. The highest BCUT2D eigenvalue weighted by atomic mass is 16.3. The molecule has 0 saturated carbocycles. The molecule has 0 aromatic heterocycles. The van der Waals surface area contributed by atoms with E-state index in [1.54, 1.807) is 0 Å². The summed E-state index contributed by atoms with van der Waals surface area (Å²) in [5.74, 6) is 0. The Hall–Kier alpha value is -0.660. The van der Waals surface area contributed by atoms with Crippen LogP contribution in [-0.2, 0) is 9.59 Å². The van der Waals surface area contributed by atoms with Crippen LogP contribution in [0.15, 0.2) is 0 Å². The lowest BCUT2D eigenvalue weighted by atomic mass is 10.0. The van der Waals surface area contributed by atoms with Crippen molar-refractivity contribution in [2.24, 2.45) is 0 Å². The minimum absolute atomic E-state index is 0.0993. The highest BCUT2D eigenvalue weighted by Crippen LogP contribution is 2.13. The first-order chi connectivity index (χ1) is 10.2. The van der Waals surface area contributed by atoms with Gasteiger partial charge in [-0.3, -0.25) is 0 Å². The zero-order valence-electron chi connectivity index (χ0n) is 14.2. The van der Waals surface area contributed by atoms with E-state index in [9.17, 15) is 0 Å². The first kappa shape index (κ1) is 22.6. The van der Waals surface area contributed by atoms with E-state index in [0.29, 0.717) is 0 Å². The normalized spacial score (nSPS) is 11.4. The van der Waals surface area contributed by atoms with Crippen molar-refractivity contribution >= 4 is 6.15 Å². The van der Waals surface area contributed by atoms with Crippen LogP contribution in [0.3, 0.4) is 0 Å². The Bertz CT molecular complexity index is 209. The van der Waals surface area contributed by atoms with Gasteiger partial charge in [-0.2, -0.15) is 9.59 Å². The van der Waals surface area contributed by atoms with E-state index in [1.165, 1.54) is 83.5 Å². The van der Waals surface area contributed by atoms with Crippen molar-refractivity contribution in [2.75, 3.05) is 0 Å². The summed E-state index contributed by atoms with van der Waals surface area (Å²) in [6.45, 7) is 4.17. The lowest BCUT2D eigenvalue weighted by Gasteiger charge is -2.04. The third kappa shape index (κ3) is 28.3. The molecule has 0 aliphatic rings. The standard InChI is InChI=1S/C17H36O.CO2/c1-3-4-5-6-7-8-9-10-11-12-13-14-15-16-17(2)18;2-1-3/h17-18H,3-16H2,1-2H3;. The molecule has 1 unspecified atom stereocenters. The third-order valence-corrected chi connectivity index (χ3v) is 3.73. The second-order valence-electron chi connectivity index (χ2n) is 5.96. The topological polar surface area (TPSA) is 54.4 Å². The molecule has 21 heavy (non-hydrogen) atoms. The van der Waals surface area contributed by atoms with Gasteiger partial charge in [0.15, 0.2) is 0 Å². The summed E-state index contributed by atoms with van der Waals surface area (Å²) >= 11 is 0. The van der Waals surface area contributed by atoms with Gasteiger partial charge in [0, 0.05) is 0 Å². The van der Waals surface area contributed by atoms with E-state index in [1.807, 2.05) is 6.92 Å². The maximum atomic E-state index is 9.13. The average molecular weight is 300 g/mol. The molecule has 0 spiro atoms. The van der Waals surface area contributed by atoms with Crippen LogP contribution in [0.1, 0.15) is 104 Å². The van der Waals surface area contributed by atoms with Gasteiger partial charge in [-0.15, -0.1) is 0 Å². The Morgan fingerprint density at radius 3 is 1.29 bits per heavy atom. The zero-order valence-corrected chi connectivity index (χ0v) is 14.2. The van der Waals surface area contributed by atoms with Crippen LogP contribution >= 0.6 is 0 Å². The van der Waals surface area contributed by atoms with Crippen LogP contribution < -0.4 is 0 Å². The van der Waals surface area contributed by atoms with Crippen molar-refractivity contribution in [1.29, 1.82) is 0 Å². The molecule has 0 radical (unpaired) electrons. The number of aliphatic hydroxyl groups is 1. The molecule has 1 N–H and O–H groups in total. The number of unbranched alkanes of at least 4 members (excludes halogenated alkanes) is 12. The molecule has 0 aliphatic carbocycles. The fourth-order valence-electron chi connectivity index (χ4n) is 2.46. The molecular formula is C18H36O3. The Labute approximate surface area is 131 Å². The fourth-order valence-corrected chi connectivity index (χ4v) is 2.46. The smallest absolute Gasteiger partial charge is 0.373 e. The van der Waals surface area contributed by atoms with Crippen molar-refractivity contribution in [3.8, 4) is 0 Å². The Kier molecular flexibility index (Phi) is 23.3. The molecule has 0 fully saturated rings. The van der Waals surface area contributed by atoms with E-state index in [2.05, 4.69) is 6.92 Å². The summed E-state index contributed by atoms with van der Waals surface area (Å²) in [6, 6.07) is 0. The molecule has 0 amide bonds. The number of carbonyl (C=O) groups excluding carboxylic acids is 2. The molecule has 3 heteroatoms. The Balaban J connectivity index is 0. The number of aliphatic hydroxyl groups excluding tert-OH is 1. The van der Waals surface area contributed by atoms with E-state index in [0.717, 1.165) is 6.42 Å². The van der Waals surface area contributed by atoms with Crippen molar-refractivity contribution in [3.05, 3.63) is 0 Å². The second kappa shape index (κ2) is 21.6. The highest BCUT2D eigenvalue weighted by molar-refractivity contribution is 5.20. The second-order valence-corrected chi connectivity index (χ2v) is 5.96. The van der Waals surface area contributed by atoms with E-state index >= 15 is 0 Å². The molecule has 3 nitrogen and oxygen atoms in total. The van der Waals surface area contributed by atoms with Crippen LogP contribution in [-0.4, -0.2) is 17.4 Å². The van der Waals surface area contributed by atoms with Gasteiger partial charge in [-0.05, 0) is 13.3 Å². The minimum Gasteiger partial charge on any atom is -0.393 e. The molecule has 0 aromatic rings. The minimum atomic E-state index is -0.0993. The lowest BCUT2D eigenvalue weighted by Crippen LogP contribution is -1.98. The summed E-state index contributed by atoms with van der Waals surface area (Å²) < 4.78 is 0. The quantitative estimate of drug-likeness (QED) is 0.445. The lowest BCUT2D eigenvalue weighted by molar-refractivity contribution is -0.191. The third-order valence-electron chi connectivity index (χ3n) is 3.73. The molecule has 0 aromatic carbocycles. The van der Waals surface area contributed by atoms with Gasteiger partial charge < -0.3 is 5.11 Å². The summed E-state index contributed by atoms with van der Waals surface area (Å²) in [7, 11) is 0. The molecular weight excluding hydrogens is 264 g/mol. The van der Waals surface area contributed by atoms with E-state index in [-0.39, 0.29) is 12.3 Å². The molecule has 0 bridgehead atoms. The first-order valence-corrected chi connectivity index (χ1v) is 8.86. The molecule has 0 rings (SSSR count). The highest BCUT2D eigenvalue weighted by Gasteiger charge is 1.96. The van der Waals surface area contributed by atoms with Crippen LogP contribution in [0.5, 0.6) is 0 Å². The number of hydrogen-bond acceptors (Lipinski definition) is 3. The summed E-state index contributed by atoms with van der Waals surface area (Å²) in [5.41, 5.74) is 0. The molecule has 0 heterocycles. The van der Waals surface area contributed by atoms with Crippen molar-refractivity contribution in [2.45, 2.75) is 110 Å². The maximum absolute atomic E-state index is 9.13. The maximum Gasteiger partial charge on any atom is 0.373 e. The van der Waals surface area contributed by atoms with E-state index in [4.69, 9.17) is 14.7 Å². The van der Waals surface area contributed by atoms with Crippen LogP contribution in [0.2, 0.25) is 0 Å². The zero-order chi connectivity index (χ0) is 16.2. The SMILES string of the molecule is CCCCCCCCCCCCCCCC(C)O.O=C=O. The van der Waals surface area contributed by atoms with Crippen LogP contribution in [0.25, 0.3) is 0 Å². The predicted molar refractivity (Wildman–Crippen MR) is 87.0 cm³/mol. The van der Waals surface area contributed by atoms with Gasteiger partial charge >= 0.3 is 6.15 Å². The van der Waals surface area contributed by atoms with Gasteiger partial charge in [0.2, 0.25) is 0 Å². The summed E-state index contributed by atoms with van der Waals surface area (Å²) in [4.78, 5) is 16.2. The first-order valence-electron chi connectivity index (χ1n) is 8.86. The Morgan fingerprint density at radius 1 is 0.714 bits per heavy atom.